The van der Waals surface area contributed by atoms with Gasteiger partial charge in [0.1, 0.15) is 5.82 Å². The van der Waals surface area contributed by atoms with Gasteiger partial charge in [0.25, 0.3) is 0 Å². The lowest BCUT2D eigenvalue weighted by atomic mass is 10.0. The first kappa shape index (κ1) is 12.5. The highest BCUT2D eigenvalue weighted by Crippen LogP contribution is 2.35. The molecule has 0 aromatic heterocycles. The van der Waals surface area contributed by atoms with E-state index in [1.807, 2.05) is 0 Å². The Morgan fingerprint density at radius 2 is 1.53 bits per heavy atom. The van der Waals surface area contributed by atoms with Gasteiger partial charge < -0.3 is 0 Å². The fourth-order valence-electron chi connectivity index (χ4n) is 1.55. The van der Waals surface area contributed by atoms with Crippen LogP contribution in [0.4, 0.5) is 4.39 Å². The van der Waals surface area contributed by atoms with Crippen molar-refractivity contribution in [3.63, 3.8) is 0 Å². The second-order valence-corrected chi connectivity index (χ2v) is 4.53. The van der Waals surface area contributed by atoms with Crippen LogP contribution in [0.1, 0.15) is 5.56 Å². The van der Waals surface area contributed by atoms with E-state index in [0.29, 0.717) is 15.6 Å². The number of hydrogen-bond acceptors (Lipinski definition) is 1. The van der Waals surface area contributed by atoms with E-state index in [4.69, 9.17) is 35.4 Å². The van der Waals surface area contributed by atoms with Crippen molar-refractivity contribution < 1.29 is 4.39 Å². The molecule has 0 heterocycles. The van der Waals surface area contributed by atoms with Crippen LogP contribution in [0.15, 0.2) is 36.4 Å². The lowest BCUT2D eigenvalue weighted by molar-refractivity contribution is 0.628. The zero-order valence-electron chi connectivity index (χ0n) is 8.58. The summed E-state index contributed by atoms with van der Waals surface area (Å²) in [7, 11) is 0. The van der Waals surface area contributed by atoms with Gasteiger partial charge in [0.15, 0.2) is 0 Å². The third-order valence-corrected chi connectivity index (χ3v) is 3.20. The Bertz CT molecular complexity index is 541. The molecule has 0 saturated heterocycles. The SMILES string of the molecule is Fc1ccc(-c2c(Cl)cc(C=S)cc2Cl)cc1. The van der Waals surface area contributed by atoms with Crippen LogP contribution in [-0.4, -0.2) is 5.37 Å². The molecule has 0 aliphatic heterocycles. The molecule has 0 fully saturated rings. The second-order valence-electron chi connectivity index (χ2n) is 3.48. The van der Waals surface area contributed by atoms with E-state index >= 15 is 0 Å². The molecule has 0 unspecified atom stereocenters. The summed E-state index contributed by atoms with van der Waals surface area (Å²) in [4.78, 5) is 0. The highest BCUT2D eigenvalue weighted by Gasteiger charge is 2.09. The first-order chi connectivity index (χ1) is 8.11. The first-order valence-corrected chi connectivity index (χ1v) is 6.04. The Morgan fingerprint density at radius 3 is 2.00 bits per heavy atom. The topological polar surface area (TPSA) is 0 Å². The van der Waals surface area contributed by atoms with Crippen LogP contribution in [0.2, 0.25) is 10.0 Å². The third-order valence-electron chi connectivity index (χ3n) is 2.33. The number of halogens is 3. The van der Waals surface area contributed by atoms with E-state index in [-0.39, 0.29) is 5.82 Å². The minimum Gasteiger partial charge on any atom is -0.207 e. The van der Waals surface area contributed by atoms with Crippen LogP contribution >= 0.6 is 35.4 Å². The number of hydrogen-bond donors (Lipinski definition) is 0. The molecule has 0 bridgehead atoms. The van der Waals surface area contributed by atoms with E-state index in [1.54, 1.807) is 24.3 Å². The van der Waals surface area contributed by atoms with Gasteiger partial charge in [-0.1, -0.05) is 47.6 Å². The average Bonchev–Trinajstić information content (AvgIpc) is 2.30. The molecule has 2 aromatic carbocycles. The largest absolute Gasteiger partial charge is 0.207 e. The molecule has 0 nitrogen and oxygen atoms in total. The Labute approximate surface area is 114 Å². The van der Waals surface area contributed by atoms with Gasteiger partial charge in [0.05, 0.1) is 10.0 Å². The lowest BCUT2D eigenvalue weighted by Crippen LogP contribution is -1.86. The summed E-state index contributed by atoms with van der Waals surface area (Å²) in [6.45, 7) is 0. The highest BCUT2D eigenvalue weighted by molar-refractivity contribution is 7.79. The number of thiocarbonyl (C=S) groups is 1. The molecule has 0 aliphatic rings. The molecule has 0 saturated carbocycles. The van der Waals surface area contributed by atoms with Gasteiger partial charge >= 0.3 is 0 Å². The molecule has 0 atom stereocenters. The summed E-state index contributed by atoms with van der Waals surface area (Å²) in [6, 6.07) is 9.49. The Morgan fingerprint density at radius 1 is 1.00 bits per heavy atom. The van der Waals surface area contributed by atoms with Crippen molar-refractivity contribution in [2.45, 2.75) is 0 Å². The molecule has 0 aliphatic carbocycles. The molecule has 0 amide bonds. The van der Waals surface area contributed by atoms with Crippen LogP contribution in [0.5, 0.6) is 0 Å². The summed E-state index contributed by atoms with van der Waals surface area (Å²) in [5.74, 6) is -0.295. The fraction of sp³-hybridized carbons (Fsp3) is 0. The standard InChI is InChI=1S/C13H7Cl2FS/c14-11-5-8(7-17)6-12(15)13(11)9-1-3-10(16)4-2-9/h1-7H. The Balaban J connectivity index is 2.59. The molecule has 17 heavy (non-hydrogen) atoms. The first-order valence-electron chi connectivity index (χ1n) is 4.82. The van der Waals surface area contributed by atoms with Crippen LogP contribution in [0.3, 0.4) is 0 Å². The van der Waals surface area contributed by atoms with E-state index in [1.165, 1.54) is 17.5 Å². The van der Waals surface area contributed by atoms with Gasteiger partial charge in [0.2, 0.25) is 0 Å². The van der Waals surface area contributed by atoms with E-state index in [2.05, 4.69) is 0 Å². The summed E-state index contributed by atoms with van der Waals surface area (Å²) >= 11 is 17.1. The Kier molecular flexibility index (Phi) is 3.77. The molecule has 86 valence electrons. The van der Waals surface area contributed by atoms with Crippen LogP contribution in [-0.2, 0) is 0 Å². The minimum absolute atomic E-state index is 0.295. The number of benzene rings is 2. The molecular weight excluding hydrogens is 278 g/mol. The van der Waals surface area contributed by atoms with Crippen molar-refractivity contribution in [1.82, 2.24) is 0 Å². The maximum atomic E-state index is 12.8. The normalized spacial score (nSPS) is 10.3. The highest BCUT2D eigenvalue weighted by atomic mass is 35.5. The van der Waals surface area contributed by atoms with Crippen LogP contribution < -0.4 is 0 Å². The molecular formula is C13H7Cl2FS. The zero-order valence-corrected chi connectivity index (χ0v) is 10.9. The third kappa shape index (κ3) is 2.65. The molecule has 0 spiro atoms. The van der Waals surface area contributed by atoms with Crippen LogP contribution in [0, 0.1) is 5.82 Å². The van der Waals surface area contributed by atoms with Crippen molar-refractivity contribution in [2.75, 3.05) is 0 Å². The summed E-state index contributed by atoms with van der Waals surface area (Å²) in [5.41, 5.74) is 2.24. The van der Waals surface area contributed by atoms with E-state index in [0.717, 1.165) is 11.1 Å². The summed E-state index contributed by atoms with van der Waals surface area (Å²) in [6.07, 6.45) is 0. The maximum absolute atomic E-state index is 12.8. The van der Waals surface area contributed by atoms with E-state index < -0.39 is 0 Å². The van der Waals surface area contributed by atoms with Crippen molar-refractivity contribution >= 4 is 40.8 Å². The lowest BCUT2D eigenvalue weighted by Gasteiger charge is -2.08. The molecule has 2 aromatic rings. The zero-order chi connectivity index (χ0) is 12.4. The number of rotatable bonds is 2. The minimum atomic E-state index is -0.295. The predicted molar refractivity (Wildman–Crippen MR) is 74.6 cm³/mol. The van der Waals surface area contributed by atoms with Crippen LogP contribution in [0.25, 0.3) is 11.1 Å². The predicted octanol–water partition coefficient (Wildman–Crippen LogP) is 5.15. The van der Waals surface area contributed by atoms with Gasteiger partial charge in [-0.3, -0.25) is 0 Å². The van der Waals surface area contributed by atoms with Gasteiger partial charge in [-0.2, -0.15) is 0 Å². The van der Waals surface area contributed by atoms with E-state index in [9.17, 15) is 4.39 Å². The quantitative estimate of drug-likeness (QED) is 0.688. The smallest absolute Gasteiger partial charge is 0.123 e. The van der Waals surface area contributed by atoms with Crippen molar-refractivity contribution in [3.8, 4) is 11.1 Å². The summed E-state index contributed by atoms with van der Waals surface area (Å²) < 4.78 is 12.8. The monoisotopic (exact) mass is 284 g/mol. The van der Waals surface area contributed by atoms with Gasteiger partial charge in [-0.15, -0.1) is 0 Å². The van der Waals surface area contributed by atoms with Crippen molar-refractivity contribution in [3.05, 3.63) is 57.8 Å². The average molecular weight is 285 g/mol. The molecule has 4 heteroatoms. The van der Waals surface area contributed by atoms with Gasteiger partial charge in [0, 0.05) is 10.9 Å². The Hall–Kier alpha value is -0.960. The summed E-state index contributed by atoms with van der Waals surface area (Å²) in [5, 5.41) is 2.51. The fourth-order valence-corrected chi connectivity index (χ4v) is 2.41. The second kappa shape index (κ2) is 5.13. The van der Waals surface area contributed by atoms with Crippen molar-refractivity contribution in [1.29, 1.82) is 0 Å². The molecule has 0 radical (unpaired) electrons. The van der Waals surface area contributed by atoms with Gasteiger partial charge in [-0.25, -0.2) is 4.39 Å². The van der Waals surface area contributed by atoms with Crippen molar-refractivity contribution in [2.24, 2.45) is 0 Å². The maximum Gasteiger partial charge on any atom is 0.123 e. The molecule has 0 N–H and O–H groups in total. The van der Waals surface area contributed by atoms with Gasteiger partial charge in [-0.05, 0) is 35.4 Å². The molecule has 2 rings (SSSR count).